The molecule has 2 aromatic rings. The van der Waals surface area contributed by atoms with Gasteiger partial charge in [0.25, 0.3) is 0 Å². The van der Waals surface area contributed by atoms with Gasteiger partial charge in [-0.05, 0) is 35.9 Å². The summed E-state index contributed by atoms with van der Waals surface area (Å²) in [6.45, 7) is 0. The molecule has 0 radical (unpaired) electrons. The lowest BCUT2D eigenvalue weighted by molar-refractivity contribution is -0.136. The van der Waals surface area contributed by atoms with E-state index in [-0.39, 0.29) is 6.42 Å². The van der Waals surface area contributed by atoms with Crippen LogP contribution in [-0.2, 0) is 11.2 Å². The van der Waals surface area contributed by atoms with Crippen molar-refractivity contribution in [2.45, 2.75) is 16.2 Å². The van der Waals surface area contributed by atoms with Crippen molar-refractivity contribution in [2.75, 3.05) is 0 Å². The molecule has 0 aromatic heterocycles. The van der Waals surface area contributed by atoms with E-state index in [0.717, 1.165) is 15.4 Å². The molecule has 0 saturated heterocycles. The molecule has 5 heteroatoms. The second kappa shape index (κ2) is 6.60. The van der Waals surface area contributed by atoms with Crippen molar-refractivity contribution in [1.29, 1.82) is 10.5 Å². The summed E-state index contributed by atoms with van der Waals surface area (Å²) in [6, 6.07) is 16.2. The average Bonchev–Trinajstić information content (AvgIpc) is 2.49. The minimum atomic E-state index is -0.866. The Bertz CT molecular complexity index is 755. The van der Waals surface area contributed by atoms with Crippen LogP contribution in [0.2, 0.25) is 0 Å². The molecular weight excluding hydrogens is 284 g/mol. The van der Waals surface area contributed by atoms with E-state index in [1.54, 1.807) is 30.3 Å². The first-order valence-corrected chi connectivity index (χ1v) is 6.87. The number of carboxylic acid groups (broad SMARTS) is 1. The lowest BCUT2D eigenvalue weighted by Crippen LogP contribution is -1.99. The Kier molecular flexibility index (Phi) is 4.61. The van der Waals surface area contributed by atoms with E-state index in [4.69, 9.17) is 15.6 Å². The standard InChI is InChI=1S/C16H10N2O2S/c17-9-12-3-6-15(13(7-12)10-18)21-14-4-1-11(2-5-14)8-16(19)20/h1-7H,8H2,(H,19,20). The summed E-state index contributed by atoms with van der Waals surface area (Å²) >= 11 is 1.41. The fourth-order valence-electron chi connectivity index (χ4n) is 1.75. The molecule has 1 N–H and O–H groups in total. The Morgan fingerprint density at radius 1 is 1.10 bits per heavy atom. The number of nitriles is 2. The largest absolute Gasteiger partial charge is 0.481 e. The number of carboxylic acids is 1. The Labute approximate surface area is 126 Å². The number of aliphatic carboxylic acids is 1. The van der Waals surface area contributed by atoms with Gasteiger partial charge in [0.05, 0.1) is 23.6 Å². The zero-order valence-electron chi connectivity index (χ0n) is 10.9. The predicted molar refractivity (Wildman–Crippen MR) is 77.8 cm³/mol. The molecule has 0 amide bonds. The molecule has 0 unspecified atom stereocenters. The van der Waals surface area contributed by atoms with Gasteiger partial charge in [0.2, 0.25) is 0 Å². The zero-order valence-corrected chi connectivity index (χ0v) is 11.7. The molecule has 21 heavy (non-hydrogen) atoms. The molecule has 4 nitrogen and oxygen atoms in total. The molecule has 0 atom stereocenters. The van der Waals surface area contributed by atoms with Gasteiger partial charge < -0.3 is 5.11 Å². The molecule has 0 aliphatic heterocycles. The van der Waals surface area contributed by atoms with Crippen LogP contribution in [0.15, 0.2) is 52.3 Å². The predicted octanol–water partition coefficient (Wildman–Crippen LogP) is 3.21. The number of benzene rings is 2. The van der Waals surface area contributed by atoms with E-state index in [1.165, 1.54) is 11.8 Å². The second-order valence-electron chi connectivity index (χ2n) is 4.25. The Hall–Kier alpha value is -2.76. The SMILES string of the molecule is N#Cc1ccc(Sc2ccc(CC(=O)O)cc2)c(C#N)c1. The summed E-state index contributed by atoms with van der Waals surface area (Å²) in [5, 5.41) is 26.7. The fourth-order valence-corrected chi connectivity index (χ4v) is 2.63. The van der Waals surface area contributed by atoms with Gasteiger partial charge >= 0.3 is 5.97 Å². The molecular formula is C16H10N2O2S. The average molecular weight is 294 g/mol. The minimum Gasteiger partial charge on any atom is -0.481 e. The first kappa shape index (κ1) is 14.6. The Balaban J connectivity index is 2.21. The monoisotopic (exact) mass is 294 g/mol. The number of rotatable bonds is 4. The maximum Gasteiger partial charge on any atom is 0.307 e. The van der Waals surface area contributed by atoms with Crippen molar-refractivity contribution in [3.63, 3.8) is 0 Å². The molecule has 2 aromatic carbocycles. The van der Waals surface area contributed by atoms with Crippen molar-refractivity contribution in [1.82, 2.24) is 0 Å². The van der Waals surface area contributed by atoms with Crippen molar-refractivity contribution in [2.24, 2.45) is 0 Å². The number of hydrogen-bond donors (Lipinski definition) is 1. The van der Waals surface area contributed by atoms with Crippen molar-refractivity contribution >= 4 is 17.7 Å². The number of carbonyl (C=O) groups is 1. The maximum absolute atomic E-state index is 10.6. The number of nitrogens with zero attached hydrogens (tertiary/aromatic N) is 2. The summed E-state index contributed by atoms with van der Waals surface area (Å²) in [7, 11) is 0. The van der Waals surface area contributed by atoms with Gasteiger partial charge in [-0.1, -0.05) is 23.9 Å². The first-order chi connectivity index (χ1) is 10.1. The third kappa shape index (κ3) is 3.85. The van der Waals surface area contributed by atoms with Crippen molar-refractivity contribution in [3.8, 4) is 12.1 Å². The van der Waals surface area contributed by atoms with Crippen LogP contribution in [0.3, 0.4) is 0 Å². The van der Waals surface area contributed by atoms with Gasteiger partial charge in [0, 0.05) is 9.79 Å². The topological polar surface area (TPSA) is 84.9 Å². The summed E-state index contributed by atoms with van der Waals surface area (Å²) in [5.74, 6) is -0.866. The smallest absolute Gasteiger partial charge is 0.307 e. The van der Waals surface area contributed by atoms with E-state index in [0.29, 0.717) is 11.1 Å². The first-order valence-electron chi connectivity index (χ1n) is 6.05. The van der Waals surface area contributed by atoms with Crippen molar-refractivity contribution in [3.05, 3.63) is 59.2 Å². The van der Waals surface area contributed by atoms with Crippen LogP contribution < -0.4 is 0 Å². The molecule has 2 rings (SSSR count). The molecule has 0 heterocycles. The molecule has 0 spiro atoms. The lowest BCUT2D eigenvalue weighted by Gasteiger charge is -2.05. The third-order valence-corrected chi connectivity index (χ3v) is 3.82. The number of hydrogen-bond acceptors (Lipinski definition) is 4. The van der Waals surface area contributed by atoms with Gasteiger partial charge in [-0.15, -0.1) is 0 Å². The van der Waals surface area contributed by atoms with E-state index in [9.17, 15) is 4.79 Å². The van der Waals surface area contributed by atoms with Gasteiger partial charge in [0.15, 0.2) is 0 Å². The van der Waals surface area contributed by atoms with Gasteiger partial charge in [-0.3, -0.25) is 4.79 Å². The molecule has 102 valence electrons. The molecule has 0 fully saturated rings. The zero-order chi connectivity index (χ0) is 15.2. The third-order valence-electron chi connectivity index (χ3n) is 2.74. The normalized spacial score (nSPS) is 9.62. The van der Waals surface area contributed by atoms with Gasteiger partial charge in [0.1, 0.15) is 6.07 Å². The highest BCUT2D eigenvalue weighted by Crippen LogP contribution is 2.30. The molecule has 0 saturated carbocycles. The highest BCUT2D eigenvalue weighted by Gasteiger charge is 2.06. The Morgan fingerprint density at radius 3 is 2.38 bits per heavy atom. The quantitative estimate of drug-likeness (QED) is 0.935. The molecule has 0 aliphatic rings. The van der Waals surface area contributed by atoms with Crippen LogP contribution in [0.5, 0.6) is 0 Å². The van der Waals surface area contributed by atoms with Crippen LogP contribution in [0.4, 0.5) is 0 Å². The van der Waals surface area contributed by atoms with E-state index >= 15 is 0 Å². The highest BCUT2D eigenvalue weighted by molar-refractivity contribution is 7.99. The summed E-state index contributed by atoms with van der Waals surface area (Å²) in [6.07, 6.45) is -0.00867. The van der Waals surface area contributed by atoms with Crippen LogP contribution >= 0.6 is 11.8 Å². The van der Waals surface area contributed by atoms with Gasteiger partial charge in [-0.25, -0.2) is 0 Å². The minimum absolute atomic E-state index is 0.00867. The van der Waals surface area contributed by atoms with E-state index in [1.807, 2.05) is 18.2 Å². The fraction of sp³-hybridized carbons (Fsp3) is 0.0625. The molecule has 0 bridgehead atoms. The summed E-state index contributed by atoms with van der Waals surface area (Å²) in [5.41, 5.74) is 1.63. The van der Waals surface area contributed by atoms with E-state index < -0.39 is 5.97 Å². The Morgan fingerprint density at radius 2 is 1.81 bits per heavy atom. The molecule has 0 aliphatic carbocycles. The van der Waals surface area contributed by atoms with Crippen LogP contribution in [0.1, 0.15) is 16.7 Å². The lowest BCUT2D eigenvalue weighted by atomic mass is 10.1. The van der Waals surface area contributed by atoms with Crippen LogP contribution in [0.25, 0.3) is 0 Å². The summed E-state index contributed by atoms with van der Waals surface area (Å²) < 4.78 is 0. The highest BCUT2D eigenvalue weighted by atomic mass is 32.2. The second-order valence-corrected chi connectivity index (χ2v) is 5.37. The van der Waals surface area contributed by atoms with Crippen LogP contribution in [0, 0.1) is 22.7 Å². The van der Waals surface area contributed by atoms with Gasteiger partial charge in [-0.2, -0.15) is 10.5 Å². The van der Waals surface area contributed by atoms with Crippen molar-refractivity contribution < 1.29 is 9.90 Å². The summed E-state index contributed by atoms with van der Waals surface area (Å²) in [4.78, 5) is 12.3. The maximum atomic E-state index is 10.6. The van der Waals surface area contributed by atoms with E-state index in [2.05, 4.69) is 6.07 Å². The van der Waals surface area contributed by atoms with Crippen LogP contribution in [-0.4, -0.2) is 11.1 Å².